The zero-order valence-electron chi connectivity index (χ0n) is 20.8. The third-order valence-corrected chi connectivity index (χ3v) is 7.70. The maximum absolute atomic E-state index is 13.6. The lowest BCUT2D eigenvalue weighted by atomic mass is 10.0. The number of anilines is 1. The number of nitrogens with zero attached hydrogens (tertiary/aromatic N) is 1. The number of carbonyl (C=O) groups is 1. The molecule has 0 heterocycles. The smallest absolute Gasteiger partial charge is 0.335 e. The van der Waals surface area contributed by atoms with Crippen LogP contribution in [0.1, 0.15) is 46.8 Å². The van der Waals surface area contributed by atoms with Crippen LogP contribution in [0.15, 0.2) is 77.7 Å². The Morgan fingerprint density at radius 1 is 1.03 bits per heavy atom. The highest BCUT2D eigenvalue weighted by Gasteiger charge is 2.27. The standard InChI is InChI=1S/C27H32N4O5S/c1-18(2)20-8-12-25(13-9-20)37(35,36)31(16-19-4-3-5-22(14-19)27(33)34)17-24(32)15-30-23-10-6-21(7-11-23)26(28)29/h3-14,18,24,30,32H,15-17H2,1-2H3,(H3,28,29)(H,33,34). The highest BCUT2D eigenvalue weighted by atomic mass is 32.2. The van der Waals surface area contributed by atoms with Crippen LogP contribution in [-0.4, -0.2) is 53.9 Å². The van der Waals surface area contributed by atoms with E-state index in [1.807, 2.05) is 13.8 Å². The lowest BCUT2D eigenvalue weighted by Crippen LogP contribution is -2.39. The van der Waals surface area contributed by atoms with Gasteiger partial charge in [-0.3, -0.25) is 5.41 Å². The summed E-state index contributed by atoms with van der Waals surface area (Å²) in [6, 6.07) is 19.5. The molecule has 0 amide bonds. The number of carboxylic acid groups (broad SMARTS) is 1. The monoisotopic (exact) mass is 524 g/mol. The van der Waals surface area contributed by atoms with E-state index in [1.54, 1.807) is 60.7 Å². The predicted octanol–water partition coefficient (Wildman–Crippen LogP) is 3.46. The molecule has 0 fully saturated rings. The average Bonchev–Trinajstić information content (AvgIpc) is 2.87. The third kappa shape index (κ3) is 7.39. The summed E-state index contributed by atoms with van der Waals surface area (Å²) in [5.41, 5.74) is 8.25. The second-order valence-electron chi connectivity index (χ2n) is 9.05. The molecule has 37 heavy (non-hydrogen) atoms. The molecule has 0 spiro atoms. The van der Waals surface area contributed by atoms with Gasteiger partial charge in [0.15, 0.2) is 0 Å². The molecule has 3 rings (SSSR count). The summed E-state index contributed by atoms with van der Waals surface area (Å²) in [7, 11) is -4.01. The normalized spacial score (nSPS) is 12.5. The highest BCUT2D eigenvalue weighted by Crippen LogP contribution is 2.23. The van der Waals surface area contributed by atoms with Crippen molar-refractivity contribution >= 4 is 27.5 Å². The summed E-state index contributed by atoms with van der Waals surface area (Å²) in [6.07, 6.45) is -1.07. The van der Waals surface area contributed by atoms with Crippen LogP contribution in [0.2, 0.25) is 0 Å². The first-order valence-electron chi connectivity index (χ1n) is 11.8. The van der Waals surface area contributed by atoms with Crippen molar-refractivity contribution in [2.45, 2.75) is 37.3 Å². The van der Waals surface area contributed by atoms with Gasteiger partial charge in [-0.05, 0) is 65.6 Å². The first-order valence-corrected chi connectivity index (χ1v) is 13.2. The first-order chi connectivity index (χ1) is 17.5. The Morgan fingerprint density at radius 3 is 2.24 bits per heavy atom. The van der Waals surface area contributed by atoms with Crippen molar-refractivity contribution < 1.29 is 23.4 Å². The molecule has 3 aromatic carbocycles. The molecular weight excluding hydrogens is 492 g/mol. The van der Waals surface area contributed by atoms with Gasteiger partial charge in [-0.1, -0.05) is 38.1 Å². The van der Waals surface area contributed by atoms with Crippen LogP contribution in [0.5, 0.6) is 0 Å². The molecule has 0 bridgehead atoms. The number of sulfonamides is 1. The SMILES string of the molecule is CC(C)c1ccc(S(=O)(=O)N(Cc2cccc(C(=O)O)c2)CC(O)CNc2ccc(C(=N)N)cc2)cc1. The Kier molecular flexibility index (Phi) is 9.04. The van der Waals surface area contributed by atoms with E-state index in [9.17, 15) is 23.4 Å². The minimum atomic E-state index is -4.01. The first kappa shape index (κ1) is 27.9. The fourth-order valence-corrected chi connectivity index (χ4v) is 5.20. The van der Waals surface area contributed by atoms with Crippen LogP contribution < -0.4 is 11.1 Å². The number of amidine groups is 1. The van der Waals surface area contributed by atoms with Gasteiger partial charge < -0.3 is 21.3 Å². The number of aliphatic hydroxyl groups is 1. The van der Waals surface area contributed by atoms with Crippen molar-refractivity contribution in [3.05, 3.63) is 95.1 Å². The number of hydrogen-bond acceptors (Lipinski definition) is 6. The highest BCUT2D eigenvalue weighted by molar-refractivity contribution is 7.89. The summed E-state index contributed by atoms with van der Waals surface area (Å²) in [5.74, 6) is -0.926. The molecule has 0 aliphatic rings. The van der Waals surface area contributed by atoms with Gasteiger partial charge in [-0.2, -0.15) is 4.31 Å². The van der Waals surface area contributed by atoms with E-state index < -0.39 is 22.1 Å². The Labute approximate surface area is 217 Å². The van der Waals surface area contributed by atoms with Crippen molar-refractivity contribution in [3.63, 3.8) is 0 Å². The quantitative estimate of drug-likeness (QED) is 0.179. The number of nitrogen functional groups attached to an aromatic ring is 1. The van der Waals surface area contributed by atoms with Gasteiger partial charge in [0.05, 0.1) is 16.6 Å². The number of rotatable bonds is 12. The maximum atomic E-state index is 13.6. The summed E-state index contributed by atoms with van der Waals surface area (Å²) >= 11 is 0. The van der Waals surface area contributed by atoms with Crippen LogP contribution >= 0.6 is 0 Å². The van der Waals surface area contributed by atoms with Crippen LogP contribution in [0.3, 0.4) is 0 Å². The van der Waals surface area contributed by atoms with Gasteiger partial charge in [0.2, 0.25) is 10.0 Å². The topological polar surface area (TPSA) is 157 Å². The Balaban J connectivity index is 1.82. The summed E-state index contributed by atoms with van der Waals surface area (Å²) < 4.78 is 28.3. The van der Waals surface area contributed by atoms with Gasteiger partial charge in [-0.15, -0.1) is 0 Å². The third-order valence-electron chi connectivity index (χ3n) is 5.87. The summed E-state index contributed by atoms with van der Waals surface area (Å²) in [6.45, 7) is 3.77. The number of nitrogens with one attached hydrogen (secondary N) is 2. The number of nitrogens with two attached hydrogens (primary N) is 1. The average molecular weight is 525 g/mol. The lowest BCUT2D eigenvalue weighted by molar-refractivity contribution is 0.0696. The van der Waals surface area contributed by atoms with Crippen molar-refractivity contribution in [2.24, 2.45) is 5.73 Å². The molecular formula is C27H32N4O5S. The Bertz CT molecular complexity index is 1340. The molecule has 0 aromatic heterocycles. The number of aliphatic hydroxyl groups excluding tert-OH is 1. The van der Waals surface area contributed by atoms with E-state index in [2.05, 4.69) is 5.32 Å². The fraction of sp³-hybridized carbons (Fsp3) is 0.259. The number of benzene rings is 3. The maximum Gasteiger partial charge on any atom is 0.335 e. The number of hydrogen-bond donors (Lipinski definition) is 5. The molecule has 6 N–H and O–H groups in total. The van der Waals surface area contributed by atoms with E-state index in [0.717, 1.165) is 9.87 Å². The molecule has 0 radical (unpaired) electrons. The molecule has 3 aromatic rings. The van der Waals surface area contributed by atoms with Crippen molar-refractivity contribution in [2.75, 3.05) is 18.4 Å². The van der Waals surface area contributed by atoms with Crippen molar-refractivity contribution in [3.8, 4) is 0 Å². The van der Waals surface area contributed by atoms with Crippen LogP contribution in [-0.2, 0) is 16.6 Å². The summed E-state index contributed by atoms with van der Waals surface area (Å²) in [4.78, 5) is 11.5. The Hall–Kier alpha value is -3.73. The molecule has 1 atom stereocenters. The lowest BCUT2D eigenvalue weighted by Gasteiger charge is -2.25. The van der Waals surface area contributed by atoms with E-state index in [4.69, 9.17) is 11.1 Å². The van der Waals surface area contributed by atoms with Crippen LogP contribution in [0.25, 0.3) is 0 Å². The van der Waals surface area contributed by atoms with Crippen molar-refractivity contribution in [1.29, 1.82) is 5.41 Å². The van der Waals surface area contributed by atoms with E-state index in [0.29, 0.717) is 16.8 Å². The fourth-order valence-electron chi connectivity index (χ4n) is 3.73. The molecule has 1 unspecified atom stereocenters. The van der Waals surface area contributed by atoms with Gasteiger partial charge in [-0.25, -0.2) is 13.2 Å². The molecule has 196 valence electrons. The Morgan fingerprint density at radius 2 is 1.68 bits per heavy atom. The van der Waals surface area contributed by atoms with E-state index in [-0.39, 0.29) is 41.8 Å². The molecule has 10 heteroatoms. The second-order valence-corrected chi connectivity index (χ2v) is 11.0. The number of aromatic carboxylic acids is 1. The zero-order chi connectivity index (χ0) is 27.2. The molecule has 0 aliphatic heterocycles. The van der Waals surface area contributed by atoms with Gasteiger partial charge in [0.25, 0.3) is 0 Å². The second kappa shape index (κ2) is 12.0. The van der Waals surface area contributed by atoms with Crippen molar-refractivity contribution in [1.82, 2.24) is 4.31 Å². The minimum absolute atomic E-state index is 0.0485. The molecule has 0 aliphatic carbocycles. The number of carboxylic acids is 1. The zero-order valence-corrected chi connectivity index (χ0v) is 21.6. The van der Waals surface area contributed by atoms with Gasteiger partial charge in [0.1, 0.15) is 5.84 Å². The minimum Gasteiger partial charge on any atom is -0.478 e. The molecule has 0 saturated heterocycles. The van der Waals surface area contributed by atoms with Crippen LogP contribution in [0, 0.1) is 5.41 Å². The molecule has 9 nitrogen and oxygen atoms in total. The van der Waals surface area contributed by atoms with Gasteiger partial charge >= 0.3 is 5.97 Å². The van der Waals surface area contributed by atoms with E-state index >= 15 is 0 Å². The largest absolute Gasteiger partial charge is 0.478 e. The van der Waals surface area contributed by atoms with E-state index in [1.165, 1.54) is 12.1 Å². The predicted molar refractivity (Wildman–Crippen MR) is 143 cm³/mol. The van der Waals surface area contributed by atoms with Gasteiger partial charge in [0, 0.05) is 30.9 Å². The molecule has 0 saturated carbocycles. The van der Waals surface area contributed by atoms with Crippen LogP contribution in [0.4, 0.5) is 5.69 Å². The summed E-state index contributed by atoms with van der Waals surface area (Å²) in [5, 5.41) is 30.6.